The van der Waals surface area contributed by atoms with Crippen molar-refractivity contribution < 1.29 is 19.1 Å². The van der Waals surface area contributed by atoms with Crippen LogP contribution in [0.15, 0.2) is 0 Å². The van der Waals surface area contributed by atoms with Crippen molar-refractivity contribution in [3.05, 3.63) is 0 Å². The Bertz CT molecular complexity index is 340. The molecular formula is C11H21N3O4. The fraction of sp³-hybridized carbons (Fsp3) is 0.818. The number of hydrogen-bond acceptors (Lipinski definition) is 5. The fourth-order valence-corrected chi connectivity index (χ4v) is 1.82. The van der Waals surface area contributed by atoms with Gasteiger partial charge in [0.15, 0.2) is 0 Å². The lowest BCUT2D eigenvalue weighted by Crippen LogP contribution is -2.64. The Balaban J connectivity index is 2.82. The van der Waals surface area contributed by atoms with Gasteiger partial charge in [0.05, 0.1) is 0 Å². The van der Waals surface area contributed by atoms with Crippen molar-refractivity contribution in [2.45, 2.75) is 51.5 Å². The molecule has 1 aliphatic heterocycles. The Labute approximate surface area is 106 Å². The third-order valence-corrected chi connectivity index (χ3v) is 2.51. The summed E-state index contributed by atoms with van der Waals surface area (Å²) in [7, 11) is 0. The minimum atomic E-state index is -1.51. The van der Waals surface area contributed by atoms with Crippen LogP contribution in [0.2, 0.25) is 0 Å². The highest BCUT2D eigenvalue weighted by Crippen LogP contribution is 2.26. The highest BCUT2D eigenvalue weighted by atomic mass is 16.6. The highest BCUT2D eigenvalue weighted by molar-refractivity contribution is 5.70. The summed E-state index contributed by atoms with van der Waals surface area (Å²) in [6.45, 7) is 5.63. The van der Waals surface area contributed by atoms with E-state index in [1.165, 1.54) is 4.90 Å². The van der Waals surface area contributed by atoms with Crippen LogP contribution in [0, 0.1) is 0 Å². The normalized spacial score (nSPS) is 24.6. The molecule has 0 aromatic heterocycles. The lowest BCUT2D eigenvalue weighted by atomic mass is 10.1. The van der Waals surface area contributed by atoms with Gasteiger partial charge in [-0.15, -0.1) is 0 Å². The second kappa shape index (κ2) is 5.01. The first-order valence-corrected chi connectivity index (χ1v) is 5.92. The van der Waals surface area contributed by atoms with Crippen LogP contribution in [0.1, 0.15) is 40.0 Å². The molecule has 1 saturated heterocycles. The fourth-order valence-electron chi connectivity index (χ4n) is 1.82. The van der Waals surface area contributed by atoms with E-state index in [4.69, 9.17) is 20.9 Å². The van der Waals surface area contributed by atoms with Gasteiger partial charge in [-0.25, -0.2) is 9.59 Å². The Kier molecular flexibility index (Phi) is 4.05. The predicted molar refractivity (Wildman–Crippen MR) is 64.4 cm³/mol. The lowest BCUT2D eigenvalue weighted by Gasteiger charge is -2.42. The van der Waals surface area contributed by atoms with Crippen molar-refractivity contribution in [2.24, 2.45) is 11.5 Å². The molecule has 2 amide bonds. The van der Waals surface area contributed by atoms with E-state index in [-0.39, 0.29) is 0 Å². The summed E-state index contributed by atoms with van der Waals surface area (Å²) in [5, 5.41) is 0. The first-order valence-electron chi connectivity index (χ1n) is 5.92. The van der Waals surface area contributed by atoms with Crippen molar-refractivity contribution in [2.75, 3.05) is 6.54 Å². The molecule has 1 rings (SSSR count). The molecule has 0 bridgehead atoms. The van der Waals surface area contributed by atoms with E-state index in [1.54, 1.807) is 20.8 Å². The lowest BCUT2D eigenvalue weighted by molar-refractivity contribution is -0.123. The summed E-state index contributed by atoms with van der Waals surface area (Å²) in [5.74, 6) is -1.51. The summed E-state index contributed by atoms with van der Waals surface area (Å²) < 4.78 is 10.1. The van der Waals surface area contributed by atoms with Crippen LogP contribution in [-0.4, -0.2) is 35.1 Å². The molecule has 7 heteroatoms. The van der Waals surface area contributed by atoms with Gasteiger partial charge < -0.3 is 15.2 Å². The topological polar surface area (TPSA) is 108 Å². The monoisotopic (exact) mass is 259 g/mol. The number of nitrogens with two attached hydrogens (primary N) is 2. The number of primary amides is 1. The van der Waals surface area contributed by atoms with E-state index in [9.17, 15) is 9.59 Å². The maximum Gasteiger partial charge on any atom is 0.414 e. The number of nitrogens with zero attached hydrogens (tertiary/aromatic N) is 1. The quantitative estimate of drug-likeness (QED) is 0.686. The second-order valence-corrected chi connectivity index (χ2v) is 5.35. The zero-order valence-electron chi connectivity index (χ0n) is 11.1. The smallest absolute Gasteiger partial charge is 0.414 e. The van der Waals surface area contributed by atoms with Gasteiger partial charge in [0.2, 0.25) is 5.85 Å². The van der Waals surface area contributed by atoms with Gasteiger partial charge in [0, 0.05) is 13.0 Å². The van der Waals surface area contributed by atoms with E-state index in [1.807, 2.05) is 0 Å². The van der Waals surface area contributed by atoms with Gasteiger partial charge in [-0.1, -0.05) is 0 Å². The number of likely N-dealkylation sites (tertiary alicyclic amines) is 1. The van der Waals surface area contributed by atoms with Crippen molar-refractivity contribution in [1.29, 1.82) is 0 Å². The molecule has 104 valence electrons. The van der Waals surface area contributed by atoms with Crippen molar-refractivity contribution in [3.8, 4) is 0 Å². The van der Waals surface area contributed by atoms with Gasteiger partial charge in [-0.2, -0.15) is 0 Å². The molecule has 1 atom stereocenters. The van der Waals surface area contributed by atoms with Crippen LogP contribution in [0.3, 0.4) is 0 Å². The van der Waals surface area contributed by atoms with Crippen LogP contribution in [0.5, 0.6) is 0 Å². The average molecular weight is 259 g/mol. The van der Waals surface area contributed by atoms with Crippen LogP contribution < -0.4 is 11.5 Å². The number of rotatable bonds is 1. The third kappa shape index (κ3) is 3.76. The van der Waals surface area contributed by atoms with Crippen LogP contribution in [0.25, 0.3) is 0 Å². The maximum atomic E-state index is 12.0. The van der Waals surface area contributed by atoms with Crippen LogP contribution in [0.4, 0.5) is 9.59 Å². The molecule has 18 heavy (non-hydrogen) atoms. The molecule has 1 aliphatic rings. The van der Waals surface area contributed by atoms with E-state index in [0.717, 1.165) is 12.8 Å². The Hall–Kier alpha value is -1.50. The molecule has 0 saturated carbocycles. The van der Waals surface area contributed by atoms with Gasteiger partial charge >= 0.3 is 12.2 Å². The zero-order chi connectivity index (χ0) is 14.0. The van der Waals surface area contributed by atoms with Gasteiger partial charge in [-0.05, 0) is 33.6 Å². The number of ether oxygens (including phenoxy) is 2. The highest BCUT2D eigenvalue weighted by Gasteiger charge is 2.43. The molecule has 1 fully saturated rings. The number of carbonyl (C=O) groups excluding carboxylic acids is 2. The molecule has 0 radical (unpaired) electrons. The second-order valence-electron chi connectivity index (χ2n) is 5.35. The largest absolute Gasteiger partial charge is 0.444 e. The zero-order valence-corrected chi connectivity index (χ0v) is 11.1. The van der Waals surface area contributed by atoms with Gasteiger partial charge in [-0.3, -0.25) is 10.6 Å². The molecule has 1 unspecified atom stereocenters. The summed E-state index contributed by atoms with van der Waals surface area (Å²) in [6, 6.07) is 0. The van der Waals surface area contributed by atoms with Crippen LogP contribution >= 0.6 is 0 Å². The van der Waals surface area contributed by atoms with Gasteiger partial charge in [0.25, 0.3) is 0 Å². The number of piperidine rings is 1. The summed E-state index contributed by atoms with van der Waals surface area (Å²) in [4.78, 5) is 24.1. The van der Waals surface area contributed by atoms with E-state index < -0.39 is 23.6 Å². The van der Waals surface area contributed by atoms with E-state index in [0.29, 0.717) is 13.0 Å². The van der Waals surface area contributed by atoms with Crippen LogP contribution in [-0.2, 0) is 9.47 Å². The predicted octanol–water partition coefficient (Wildman–Crippen LogP) is 1.12. The minimum absolute atomic E-state index is 0.342. The van der Waals surface area contributed by atoms with Crippen molar-refractivity contribution >= 4 is 12.2 Å². The van der Waals surface area contributed by atoms with E-state index in [2.05, 4.69) is 0 Å². The van der Waals surface area contributed by atoms with Crippen molar-refractivity contribution in [1.82, 2.24) is 4.90 Å². The molecule has 1 heterocycles. The Morgan fingerprint density at radius 1 is 1.28 bits per heavy atom. The Morgan fingerprint density at radius 3 is 2.39 bits per heavy atom. The van der Waals surface area contributed by atoms with Gasteiger partial charge in [0.1, 0.15) is 5.60 Å². The number of carbonyl (C=O) groups is 2. The molecule has 0 spiro atoms. The van der Waals surface area contributed by atoms with E-state index >= 15 is 0 Å². The molecule has 0 aromatic rings. The summed E-state index contributed by atoms with van der Waals surface area (Å²) in [5.41, 5.74) is 10.3. The van der Waals surface area contributed by atoms with Crippen molar-refractivity contribution in [3.63, 3.8) is 0 Å². The first kappa shape index (κ1) is 14.6. The number of hydrogen-bond donors (Lipinski definition) is 2. The number of amides is 2. The Morgan fingerprint density at radius 2 is 1.89 bits per heavy atom. The molecule has 4 N–H and O–H groups in total. The average Bonchev–Trinajstić information content (AvgIpc) is 2.12. The molecular weight excluding hydrogens is 238 g/mol. The SMILES string of the molecule is CC(C)(C)OC(=O)N1CCCCC1(N)OC(N)=O. The summed E-state index contributed by atoms with van der Waals surface area (Å²) >= 11 is 0. The maximum absolute atomic E-state index is 12.0. The molecule has 7 nitrogen and oxygen atoms in total. The molecule has 0 aliphatic carbocycles. The standard InChI is InChI=1S/C11H21N3O4/c1-10(2,3)18-9(16)14-7-5-4-6-11(14,13)17-8(12)15/h4-7,13H2,1-3H3,(H2,12,15). The molecule has 0 aromatic carbocycles. The minimum Gasteiger partial charge on any atom is -0.444 e. The summed E-state index contributed by atoms with van der Waals surface area (Å²) in [6.07, 6.45) is 0.261. The first-order chi connectivity index (χ1) is 8.14. The third-order valence-electron chi connectivity index (χ3n) is 2.51.